The maximum atomic E-state index is 4.75. The van der Waals surface area contributed by atoms with Crippen LogP contribution in [0, 0.1) is 17.8 Å². The van der Waals surface area contributed by atoms with Gasteiger partial charge in [-0.15, -0.1) is 0 Å². The molecule has 2 fully saturated rings. The molecule has 0 N–H and O–H groups in total. The van der Waals surface area contributed by atoms with Gasteiger partial charge in [0.2, 0.25) is 0 Å². The third-order valence-electron chi connectivity index (χ3n) is 7.70. The van der Waals surface area contributed by atoms with Gasteiger partial charge in [-0.1, -0.05) is 78.1 Å². The molecule has 1 aromatic rings. The van der Waals surface area contributed by atoms with E-state index in [1.807, 2.05) is 0 Å². The summed E-state index contributed by atoms with van der Waals surface area (Å²) in [6, 6.07) is 0. The van der Waals surface area contributed by atoms with Gasteiger partial charge in [-0.3, -0.25) is 0 Å². The first-order chi connectivity index (χ1) is 13.8. The summed E-state index contributed by atoms with van der Waals surface area (Å²) >= 11 is 0. The molecule has 3 rings (SSSR count). The third-order valence-corrected chi connectivity index (χ3v) is 7.70. The highest BCUT2D eigenvalue weighted by molar-refractivity contribution is 5.13. The lowest BCUT2D eigenvalue weighted by Gasteiger charge is -2.29. The fourth-order valence-corrected chi connectivity index (χ4v) is 5.72. The molecule has 2 saturated carbocycles. The van der Waals surface area contributed by atoms with Crippen molar-refractivity contribution in [1.82, 2.24) is 9.97 Å². The number of unbranched alkanes of at least 4 members (excludes halogenated alkanes) is 2. The zero-order valence-corrected chi connectivity index (χ0v) is 18.7. The van der Waals surface area contributed by atoms with Crippen molar-refractivity contribution in [2.75, 3.05) is 0 Å². The van der Waals surface area contributed by atoms with E-state index in [2.05, 4.69) is 26.2 Å². The summed E-state index contributed by atoms with van der Waals surface area (Å²) in [5.41, 5.74) is 1.40. The number of rotatable bonds is 10. The molecule has 158 valence electrons. The Bertz CT molecular complexity index is 522. The predicted molar refractivity (Wildman–Crippen MR) is 120 cm³/mol. The van der Waals surface area contributed by atoms with Crippen molar-refractivity contribution in [3.8, 4) is 0 Å². The summed E-state index contributed by atoms with van der Waals surface area (Å²) in [6.07, 6.45) is 26.4. The van der Waals surface area contributed by atoms with Crippen LogP contribution in [0.1, 0.15) is 127 Å². The molecular formula is C26H44N2. The van der Waals surface area contributed by atoms with Crippen molar-refractivity contribution in [1.29, 1.82) is 0 Å². The first-order valence-corrected chi connectivity index (χ1v) is 12.6. The van der Waals surface area contributed by atoms with Crippen molar-refractivity contribution < 1.29 is 0 Å². The van der Waals surface area contributed by atoms with E-state index in [0.717, 1.165) is 30.0 Å². The van der Waals surface area contributed by atoms with Crippen LogP contribution >= 0.6 is 0 Å². The quantitative estimate of drug-likeness (QED) is 0.383. The summed E-state index contributed by atoms with van der Waals surface area (Å²) in [5, 5.41) is 0. The Hall–Kier alpha value is -0.920. The minimum Gasteiger partial charge on any atom is -0.241 e. The fourth-order valence-electron chi connectivity index (χ4n) is 5.72. The minimum atomic E-state index is 0.713. The molecule has 0 bridgehead atoms. The second-order valence-electron chi connectivity index (χ2n) is 9.86. The molecule has 2 heteroatoms. The van der Waals surface area contributed by atoms with Crippen LogP contribution in [-0.4, -0.2) is 9.97 Å². The Morgan fingerprint density at radius 2 is 1.25 bits per heavy atom. The van der Waals surface area contributed by atoms with Crippen LogP contribution in [0.5, 0.6) is 0 Å². The summed E-state index contributed by atoms with van der Waals surface area (Å²) in [7, 11) is 0. The van der Waals surface area contributed by atoms with Gasteiger partial charge < -0.3 is 0 Å². The van der Waals surface area contributed by atoms with Gasteiger partial charge in [0.1, 0.15) is 5.82 Å². The normalized spacial score (nSPS) is 28.4. The third kappa shape index (κ3) is 6.85. The molecule has 0 amide bonds. The van der Waals surface area contributed by atoms with Crippen LogP contribution in [0.2, 0.25) is 0 Å². The fraction of sp³-hybridized carbons (Fsp3) is 0.846. The van der Waals surface area contributed by atoms with Gasteiger partial charge in [-0.2, -0.15) is 0 Å². The van der Waals surface area contributed by atoms with Crippen LogP contribution in [0.4, 0.5) is 0 Å². The molecule has 1 aromatic heterocycles. The van der Waals surface area contributed by atoms with Gasteiger partial charge in [0.15, 0.2) is 0 Å². The predicted octanol–water partition coefficient (Wildman–Crippen LogP) is 7.87. The Morgan fingerprint density at radius 3 is 1.86 bits per heavy atom. The van der Waals surface area contributed by atoms with Gasteiger partial charge in [0.05, 0.1) is 0 Å². The minimum absolute atomic E-state index is 0.713. The number of nitrogens with zero attached hydrogens (tertiary/aromatic N) is 2. The zero-order chi connectivity index (χ0) is 19.6. The number of aryl methyl sites for hydroxylation is 1. The van der Waals surface area contributed by atoms with Gasteiger partial charge in [0, 0.05) is 18.8 Å². The maximum Gasteiger partial charge on any atom is 0.128 e. The van der Waals surface area contributed by atoms with Gasteiger partial charge in [-0.05, 0) is 61.3 Å². The summed E-state index contributed by atoms with van der Waals surface area (Å²) in [6.45, 7) is 4.63. The highest BCUT2D eigenvalue weighted by Gasteiger charge is 2.23. The van der Waals surface area contributed by atoms with Crippen molar-refractivity contribution in [3.63, 3.8) is 0 Å². The van der Waals surface area contributed by atoms with Crippen LogP contribution in [0.25, 0.3) is 0 Å². The molecule has 0 atom stereocenters. The number of aromatic nitrogens is 2. The first kappa shape index (κ1) is 21.8. The van der Waals surface area contributed by atoms with Gasteiger partial charge in [-0.25, -0.2) is 9.97 Å². The van der Waals surface area contributed by atoms with E-state index in [1.165, 1.54) is 102 Å². The average molecular weight is 385 g/mol. The standard InChI is InChI=1S/C26H44N2/c1-3-5-6-8-22-13-16-24(17-14-22)25-19-27-26(28-20-25)18-15-23-11-9-21(7-4-2)10-12-23/h19-24H,3-18H2,1-2H3/t21-,22-,23-,24-. The van der Waals surface area contributed by atoms with E-state index in [-0.39, 0.29) is 0 Å². The first-order valence-electron chi connectivity index (χ1n) is 12.6. The molecule has 2 aliphatic carbocycles. The molecule has 0 unspecified atom stereocenters. The van der Waals surface area contributed by atoms with E-state index in [4.69, 9.17) is 9.97 Å². The number of hydrogen-bond acceptors (Lipinski definition) is 2. The van der Waals surface area contributed by atoms with Gasteiger partial charge in [0.25, 0.3) is 0 Å². The van der Waals surface area contributed by atoms with Crippen molar-refractivity contribution >= 4 is 0 Å². The average Bonchev–Trinajstić information content (AvgIpc) is 2.75. The Balaban J connectivity index is 1.36. The lowest BCUT2D eigenvalue weighted by Crippen LogP contribution is -2.16. The second kappa shape index (κ2) is 11.9. The largest absolute Gasteiger partial charge is 0.241 e. The van der Waals surface area contributed by atoms with E-state index in [0.29, 0.717) is 5.92 Å². The summed E-state index contributed by atoms with van der Waals surface area (Å²) in [5.74, 6) is 4.70. The monoisotopic (exact) mass is 384 g/mol. The SMILES string of the molecule is CCCCC[C@H]1CC[C@H](c2cnc(CC[C@H]3CC[C@H](CCC)CC3)nc2)CC1. The van der Waals surface area contributed by atoms with Crippen LogP contribution < -0.4 is 0 Å². The van der Waals surface area contributed by atoms with E-state index >= 15 is 0 Å². The Kier molecular flexibility index (Phi) is 9.28. The maximum absolute atomic E-state index is 4.75. The molecule has 1 heterocycles. The molecule has 0 saturated heterocycles. The van der Waals surface area contributed by atoms with Crippen LogP contribution in [0.15, 0.2) is 12.4 Å². The molecule has 0 radical (unpaired) electrons. The van der Waals surface area contributed by atoms with Crippen molar-refractivity contribution in [3.05, 3.63) is 23.8 Å². The van der Waals surface area contributed by atoms with E-state index in [9.17, 15) is 0 Å². The van der Waals surface area contributed by atoms with Crippen molar-refractivity contribution in [2.45, 2.75) is 122 Å². The van der Waals surface area contributed by atoms with E-state index < -0.39 is 0 Å². The number of hydrogen-bond donors (Lipinski definition) is 0. The second-order valence-corrected chi connectivity index (χ2v) is 9.86. The lowest BCUT2D eigenvalue weighted by atomic mass is 9.77. The molecule has 0 aromatic carbocycles. The van der Waals surface area contributed by atoms with E-state index in [1.54, 1.807) is 0 Å². The zero-order valence-electron chi connectivity index (χ0n) is 18.7. The van der Waals surface area contributed by atoms with Gasteiger partial charge >= 0.3 is 0 Å². The highest BCUT2D eigenvalue weighted by atomic mass is 14.9. The Labute approximate surface area is 174 Å². The molecule has 28 heavy (non-hydrogen) atoms. The Morgan fingerprint density at radius 1 is 0.679 bits per heavy atom. The molecule has 0 aliphatic heterocycles. The van der Waals surface area contributed by atoms with Crippen molar-refractivity contribution in [2.24, 2.45) is 17.8 Å². The molecule has 2 aliphatic rings. The molecule has 0 spiro atoms. The highest BCUT2D eigenvalue weighted by Crippen LogP contribution is 2.37. The summed E-state index contributed by atoms with van der Waals surface area (Å²) < 4.78 is 0. The molecular weight excluding hydrogens is 340 g/mol. The smallest absolute Gasteiger partial charge is 0.128 e. The topological polar surface area (TPSA) is 25.8 Å². The molecule has 2 nitrogen and oxygen atoms in total. The van der Waals surface area contributed by atoms with Crippen LogP contribution in [-0.2, 0) is 6.42 Å². The van der Waals surface area contributed by atoms with Crippen LogP contribution in [0.3, 0.4) is 0 Å². The lowest BCUT2D eigenvalue weighted by molar-refractivity contribution is 0.251. The summed E-state index contributed by atoms with van der Waals surface area (Å²) in [4.78, 5) is 9.50.